The molecule has 6 nitrogen and oxygen atoms in total. The van der Waals surface area contributed by atoms with Crippen LogP contribution >= 0.6 is 23.4 Å². The van der Waals surface area contributed by atoms with Crippen LogP contribution in [0.5, 0.6) is 0 Å². The summed E-state index contributed by atoms with van der Waals surface area (Å²) in [5, 5.41) is 7.15. The highest BCUT2D eigenvalue weighted by atomic mass is 35.5. The van der Waals surface area contributed by atoms with E-state index >= 15 is 0 Å². The predicted octanol–water partition coefficient (Wildman–Crippen LogP) is 2.94. The lowest BCUT2D eigenvalue weighted by Crippen LogP contribution is -2.24. The van der Waals surface area contributed by atoms with Gasteiger partial charge in [0.1, 0.15) is 0 Å². The van der Waals surface area contributed by atoms with Crippen LogP contribution < -0.4 is 10.6 Å². The Hall–Kier alpha value is -1.25. The van der Waals surface area contributed by atoms with Crippen LogP contribution in [-0.4, -0.2) is 48.8 Å². The molecule has 0 spiro atoms. The van der Waals surface area contributed by atoms with Crippen molar-refractivity contribution in [3.8, 4) is 0 Å². The molecule has 3 rings (SSSR count). The van der Waals surface area contributed by atoms with E-state index in [0.29, 0.717) is 28.0 Å². The van der Waals surface area contributed by atoms with Crippen molar-refractivity contribution < 1.29 is 13.2 Å². The Morgan fingerprint density at radius 2 is 2.15 bits per heavy atom. The summed E-state index contributed by atoms with van der Waals surface area (Å²) in [5.41, 5.74) is 1.13. The van der Waals surface area contributed by atoms with Gasteiger partial charge in [0.2, 0.25) is 0 Å². The van der Waals surface area contributed by atoms with Crippen molar-refractivity contribution in [2.24, 2.45) is 4.99 Å². The highest BCUT2D eigenvalue weighted by Crippen LogP contribution is 2.35. The van der Waals surface area contributed by atoms with E-state index in [0.717, 1.165) is 19.3 Å². The van der Waals surface area contributed by atoms with E-state index in [1.807, 2.05) is 0 Å². The average Bonchev–Trinajstić information content (AvgIpc) is 3.06. The fraction of sp³-hybridized carbons (Fsp3) is 0.529. The van der Waals surface area contributed by atoms with Crippen molar-refractivity contribution in [2.75, 3.05) is 23.4 Å². The number of aliphatic imine (C=N–C) groups is 1. The first-order valence-corrected chi connectivity index (χ1v) is 11.8. The number of hydrogen-bond donors (Lipinski definition) is 2. The number of unbranched alkanes of at least 4 members (excludes halogenated alkanes) is 2. The summed E-state index contributed by atoms with van der Waals surface area (Å²) in [7, 11) is -2.98. The molecular weight excluding hydrogens is 394 g/mol. The van der Waals surface area contributed by atoms with Gasteiger partial charge in [-0.2, -0.15) is 0 Å². The number of nitrogens with one attached hydrogen (secondary N) is 2. The molecule has 1 saturated heterocycles. The minimum absolute atomic E-state index is 0.0358. The van der Waals surface area contributed by atoms with Gasteiger partial charge in [-0.3, -0.25) is 9.79 Å². The van der Waals surface area contributed by atoms with Crippen molar-refractivity contribution >= 4 is 50.0 Å². The molecule has 1 aromatic rings. The van der Waals surface area contributed by atoms with Crippen molar-refractivity contribution in [1.29, 1.82) is 0 Å². The molecule has 2 aliphatic rings. The molecule has 2 atom stereocenters. The van der Waals surface area contributed by atoms with E-state index in [-0.39, 0.29) is 28.7 Å². The number of carbonyl (C=O) groups excluding carboxylic acids is 1. The summed E-state index contributed by atoms with van der Waals surface area (Å²) in [4.78, 5) is 16.7. The van der Waals surface area contributed by atoms with Crippen molar-refractivity contribution in [1.82, 2.24) is 5.32 Å². The minimum Gasteiger partial charge on any atom is -0.352 e. The van der Waals surface area contributed by atoms with Gasteiger partial charge in [-0.05, 0) is 24.6 Å². The largest absolute Gasteiger partial charge is 0.352 e. The lowest BCUT2D eigenvalue weighted by atomic mass is 10.2. The van der Waals surface area contributed by atoms with Gasteiger partial charge in [-0.15, -0.1) is 0 Å². The van der Waals surface area contributed by atoms with Gasteiger partial charge in [0.25, 0.3) is 5.91 Å². The molecule has 1 amide bonds. The third kappa shape index (κ3) is 4.72. The van der Waals surface area contributed by atoms with Gasteiger partial charge in [0.05, 0.1) is 28.3 Å². The molecule has 1 aromatic carbocycles. The second kappa shape index (κ2) is 8.19. The van der Waals surface area contributed by atoms with E-state index in [1.165, 1.54) is 11.8 Å². The Balaban J connectivity index is 1.65. The summed E-state index contributed by atoms with van der Waals surface area (Å²) in [5.74, 6) is 0.124. The quantitative estimate of drug-likeness (QED) is 0.697. The van der Waals surface area contributed by atoms with Crippen molar-refractivity contribution in [3.63, 3.8) is 0 Å². The molecule has 0 aliphatic carbocycles. The van der Waals surface area contributed by atoms with Gasteiger partial charge in [0.15, 0.2) is 15.0 Å². The van der Waals surface area contributed by atoms with Crippen LogP contribution in [0.2, 0.25) is 5.02 Å². The number of sulfone groups is 1. The lowest BCUT2D eigenvalue weighted by Gasteiger charge is -2.11. The Morgan fingerprint density at radius 1 is 1.35 bits per heavy atom. The number of rotatable bonds is 6. The van der Waals surface area contributed by atoms with Gasteiger partial charge in [0, 0.05) is 17.4 Å². The molecule has 0 aromatic heterocycles. The van der Waals surface area contributed by atoms with E-state index in [9.17, 15) is 13.2 Å². The van der Waals surface area contributed by atoms with Gasteiger partial charge < -0.3 is 10.6 Å². The zero-order valence-electron chi connectivity index (χ0n) is 14.5. The molecule has 2 N–H and O–H groups in total. The number of carbonyl (C=O) groups is 1. The third-order valence-electron chi connectivity index (χ3n) is 4.35. The van der Waals surface area contributed by atoms with Crippen LogP contribution in [0, 0.1) is 0 Å². The monoisotopic (exact) mass is 415 g/mol. The maximum Gasteiger partial charge on any atom is 0.251 e. The SMILES string of the molecule is CCCCCNC(=O)c1ccc(Cl)c(NC2=N[C@H]3CS(=O)(=O)C[C@@H]3S2)c1. The van der Waals surface area contributed by atoms with Crippen LogP contribution in [-0.2, 0) is 9.84 Å². The predicted molar refractivity (Wildman–Crippen MR) is 108 cm³/mol. The fourth-order valence-corrected chi connectivity index (χ4v) is 6.81. The highest BCUT2D eigenvalue weighted by molar-refractivity contribution is 8.15. The first kappa shape index (κ1) is 19.5. The first-order valence-electron chi connectivity index (χ1n) is 8.67. The van der Waals surface area contributed by atoms with Crippen LogP contribution in [0.3, 0.4) is 0 Å². The maximum atomic E-state index is 12.3. The fourth-order valence-electron chi connectivity index (χ4n) is 2.97. The number of amidine groups is 1. The molecule has 2 aliphatic heterocycles. The Morgan fingerprint density at radius 3 is 2.88 bits per heavy atom. The van der Waals surface area contributed by atoms with Gasteiger partial charge in [-0.25, -0.2) is 8.42 Å². The molecule has 0 radical (unpaired) electrons. The number of nitrogens with zero attached hydrogens (tertiary/aromatic N) is 1. The highest BCUT2D eigenvalue weighted by Gasteiger charge is 2.42. The van der Waals surface area contributed by atoms with Crippen LogP contribution in [0.15, 0.2) is 23.2 Å². The topological polar surface area (TPSA) is 87.6 Å². The van der Waals surface area contributed by atoms with Crippen molar-refractivity contribution in [2.45, 2.75) is 37.5 Å². The zero-order valence-corrected chi connectivity index (χ0v) is 16.9. The van der Waals surface area contributed by atoms with Gasteiger partial charge >= 0.3 is 0 Å². The summed E-state index contributed by atoms with van der Waals surface area (Å²) < 4.78 is 23.3. The summed E-state index contributed by atoms with van der Waals surface area (Å²) in [6.45, 7) is 2.77. The first-order chi connectivity index (χ1) is 12.4. The molecule has 142 valence electrons. The van der Waals surface area contributed by atoms with Crippen LogP contribution in [0.4, 0.5) is 5.69 Å². The maximum absolute atomic E-state index is 12.3. The van der Waals surface area contributed by atoms with Crippen LogP contribution in [0.25, 0.3) is 0 Å². The van der Waals surface area contributed by atoms with E-state index in [1.54, 1.807) is 18.2 Å². The number of halogens is 1. The van der Waals surface area contributed by atoms with E-state index in [2.05, 4.69) is 22.5 Å². The van der Waals surface area contributed by atoms with Gasteiger partial charge in [-0.1, -0.05) is 43.1 Å². The average molecular weight is 416 g/mol. The van der Waals surface area contributed by atoms with Crippen LogP contribution in [0.1, 0.15) is 36.5 Å². The Bertz CT molecular complexity index is 827. The lowest BCUT2D eigenvalue weighted by molar-refractivity contribution is 0.0953. The number of anilines is 1. The molecule has 26 heavy (non-hydrogen) atoms. The van der Waals surface area contributed by atoms with Crippen molar-refractivity contribution in [3.05, 3.63) is 28.8 Å². The molecule has 9 heteroatoms. The summed E-state index contributed by atoms with van der Waals surface area (Å²) >= 11 is 7.66. The Kier molecular flexibility index (Phi) is 6.14. The summed E-state index contributed by atoms with van der Waals surface area (Å²) in [6, 6.07) is 4.87. The van der Waals surface area contributed by atoms with E-state index in [4.69, 9.17) is 11.6 Å². The molecule has 0 saturated carbocycles. The van der Waals surface area contributed by atoms with E-state index < -0.39 is 9.84 Å². The number of benzene rings is 1. The standard InChI is InChI=1S/C17H22ClN3O3S2/c1-2-3-4-7-19-16(22)11-5-6-12(18)13(8-11)20-17-21-14-9-26(23,24)10-15(14)25-17/h5-6,8,14-15H,2-4,7,9-10H2,1H3,(H,19,22)(H,20,21)/t14-,15-/m0/s1. The molecule has 0 unspecified atom stereocenters. The number of thioether (sulfide) groups is 1. The summed E-state index contributed by atoms with van der Waals surface area (Å²) in [6.07, 6.45) is 3.15. The number of hydrogen-bond acceptors (Lipinski definition) is 6. The smallest absolute Gasteiger partial charge is 0.251 e. The number of amides is 1. The second-order valence-corrected chi connectivity index (χ2v) is 10.3. The molecule has 1 fully saturated rings. The normalized spacial score (nSPS) is 23.4. The molecular formula is C17H22ClN3O3S2. The number of fused-ring (bicyclic) bond motifs is 1. The minimum atomic E-state index is -2.98. The zero-order chi connectivity index (χ0) is 18.7. The third-order valence-corrected chi connectivity index (χ3v) is 7.83. The Labute approximate surface area is 163 Å². The second-order valence-electron chi connectivity index (χ2n) is 6.52. The molecule has 2 heterocycles. The molecule has 0 bridgehead atoms.